The lowest BCUT2D eigenvalue weighted by molar-refractivity contribution is 0.152. The molecule has 82 valence electrons. The number of aliphatic hydroxyl groups excluding tert-OH is 1. The number of rotatable bonds is 1. The molecule has 2 rings (SSSR count). The molecule has 1 aromatic carbocycles. The third-order valence-electron chi connectivity index (χ3n) is 3.52. The van der Waals surface area contributed by atoms with E-state index in [1.165, 1.54) is 30.4 Å². The molecule has 2 unspecified atom stereocenters. The average molecular weight is 204 g/mol. The van der Waals surface area contributed by atoms with Gasteiger partial charge in [0.2, 0.25) is 0 Å². The zero-order valence-corrected chi connectivity index (χ0v) is 9.45. The van der Waals surface area contributed by atoms with Gasteiger partial charge in [-0.3, -0.25) is 0 Å². The molecule has 1 nitrogen and oxygen atoms in total. The molecule has 0 amide bonds. The zero-order valence-electron chi connectivity index (χ0n) is 9.45. The highest BCUT2D eigenvalue weighted by molar-refractivity contribution is 5.29. The van der Waals surface area contributed by atoms with Crippen LogP contribution in [0.3, 0.4) is 0 Å². The average Bonchev–Trinajstić information content (AvgIpc) is 2.43. The minimum atomic E-state index is -0.0860. The van der Waals surface area contributed by atoms with E-state index in [1.54, 1.807) is 0 Å². The molecule has 1 saturated carbocycles. The minimum absolute atomic E-state index is 0.0860. The molecule has 1 heteroatoms. The SMILES string of the molecule is Cc1ccccc1C1CCCCC(O)C1. The van der Waals surface area contributed by atoms with Crippen molar-refractivity contribution in [1.29, 1.82) is 0 Å². The Hall–Kier alpha value is -0.820. The van der Waals surface area contributed by atoms with Gasteiger partial charge in [-0.05, 0) is 43.2 Å². The Bertz CT molecular complexity index is 319. The second-order valence-corrected chi connectivity index (χ2v) is 4.73. The predicted molar refractivity (Wildman–Crippen MR) is 63.0 cm³/mol. The lowest BCUT2D eigenvalue weighted by Gasteiger charge is -2.18. The van der Waals surface area contributed by atoms with Crippen LogP contribution in [0.2, 0.25) is 0 Å². The molecule has 1 fully saturated rings. The summed E-state index contributed by atoms with van der Waals surface area (Å²) >= 11 is 0. The van der Waals surface area contributed by atoms with Crippen LogP contribution in [0, 0.1) is 6.92 Å². The maximum atomic E-state index is 9.81. The molecule has 1 aromatic rings. The number of hydrogen-bond acceptors (Lipinski definition) is 1. The molecule has 0 aliphatic heterocycles. The molecule has 0 aromatic heterocycles. The fraction of sp³-hybridized carbons (Fsp3) is 0.571. The first-order valence-corrected chi connectivity index (χ1v) is 6.01. The van der Waals surface area contributed by atoms with Crippen molar-refractivity contribution in [1.82, 2.24) is 0 Å². The van der Waals surface area contributed by atoms with E-state index in [-0.39, 0.29) is 6.10 Å². The van der Waals surface area contributed by atoms with Gasteiger partial charge in [-0.25, -0.2) is 0 Å². The summed E-state index contributed by atoms with van der Waals surface area (Å²) in [7, 11) is 0. The van der Waals surface area contributed by atoms with Crippen molar-refractivity contribution < 1.29 is 5.11 Å². The van der Waals surface area contributed by atoms with Crippen LogP contribution in [0.5, 0.6) is 0 Å². The number of aliphatic hydroxyl groups is 1. The van der Waals surface area contributed by atoms with Crippen molar-refractivity contribution in [2.45, 2.75) is 51.0 Å². The van der Waals surface area contributed by atoms with Gasteiger partial charge in [0.1, 0.15) is 0 Å². The largest absolute Gasteiger partial charge is 0.393 e. The Balaban J connectivity index is 2.18. The Labute approximate surface area is 92.1 Å². The van der Waals surface area contributed by atoms with E-state index in [2.05, 4.69) is 31.2 Å². The molecule has 1 aliphatic carbocycles. The van der Waals surface area contributed by atoms with Crippen LogP contribution in [0.25, 0.3) is 0 Å². The molecule has 1 N–H and O–H groups in total. The third-order valence-corrected chi connectivity index (χ3v) is 3.52. The first-order chi connectivity index (χ1) is 7.27. The summed E-state index contributed by atoms with van der Waals surface area (Å²) in [5, 5.41) is 9.81. The normalized spacial score (nSPS) is 27.3. The van der Waals surface area contributed by atoms with Gasteiger partial charge in [0.15, 0.2) is 0 Å². The highest BCUT2D eigenvalue weighted by Gasteiger charge is 2.20. The Kier molecular flexibility index (Phi) is 3.42. The monoisotopic (exact) mass is 204 g/mol. The van der Waals surface area contributed by atoms with Crippen molar-refractivity contribution in [3.8, 4) is 0 Å². The molecule has 0 radical (unpaired) electrons. The molecule has 2 atom stereocenters. The van der Waals surface area contributed by atoms with Gasteiger partial charge >= 0.3 is 0 Å². The number of hydrogen-bond donors (Lipinski definition) is 1. The van der Waals surface area contributed by atoms with Crippen LogP contribution >= 0.6 is 0 Å². The lowest BCUT2D eigenvalue weighted by atomic mass is 9.88. The molecule has 1 aliphatic rings. The Morgan fingerprint density at radius 1 is 1.13 bits per heavy atom. The molecule has 0 spiro atoms. The maximum Gasteiger partial charge on any atom is 0.0546 e. The van der Waals surface area contributed by atoms with E-state index in [0.29, 0.717) is 5.92 Å². The smallest absolute Gasteiger partial charge is 0.0546 e. The van der Waals surface area contributed by atoms with E-state index in [0.717, 1.165) is 12.8 Å². The molecule has 0 saturated heterocycles. The summed E-state index contributed by atoms with van der Waals surface area (Å²) in [5.74, 6) is 0.573. The first-order valence-electron chi connectivity index (χ1n) is 6.01. The minimum Gasteiger partial charge on any atom is -0.393 e. The molecule has 0 bridgehead atoms. The van der Waals surface area contributed by atoms with Gasteiger partial charge in [0.25, 0.3) is 0 Å². The van der Waals surface area contributed by atoms with Gasteiger partial charge in [-0.15, -0.1) is 0 Å². The van der Waals surface area contributed by atoms with E-state index in [4.69, 9.17) is 0 Å². The van der Waals surface area contributed by atoms with Gasteiger partial charge in [-0.1, -0.05) is 37.1 Å². The van der Waals surface area contributed by atoms with E-state index in [9.17, 15) is 5.11 Å². The number of aryl methyl sites for hydroxylation is 1. The van der Waals surface area contributed by atoms with Crippen LogP contribution < -0.4 is 0 Å². The third kappa shape index (κ3) is 2.60. The summed E-state index contributed by atoms with van der Waals surface area (Å²) in [6, 6.07) is 8.59. The van der Waals surface area contributed by atoms with Crippen molar-refractivity contribution in [3.63, 3.8) is 0 Å². The standard InChI is InChI=1S/C14H20O/c1-11-6-2-5-9-14(11)12-7-3-4-8-13(15)10-12/h2,5-6,9,12-13,15H,3-4,7-8,10H2,1H3. The molecular formula is C14H20O. The van der Waals surface area contributed by atoms with Crippen molar-refractivity contribution in [2.24, 2.45) is 0 Å². The summed E-state index contributed by atoms with van der Waals surface area (Å²) in [4.78, 5) is 0. The highest BCUT2D eigenvalue weighted by atomic mass is 16.3. The lowest BCUT2D eigenvalue weighted by Crippen LogP contribution is -2.10. The zero-order chi connectivity index (χ0) is 10.7. The van der Waals surface area contributed by atoms with Gasteiger partial charge < -0.3 is 5.11 Å². The van der Waals surface area contributed by atoms with Crippen LogP contribution in [0.15, 0.2) is 24.3 Å². The molecule has 0 heterocycles. The fourth-order valence-corrected chi connectivity index (χ4v) is 2.66. The predicted octanol–water partition coefficient (Wildman–Crippen LogP) is 3.40. The molecule has 15 heavy (non-hydrogen) atoms. The summed E-state index contributed by atoms with van der Waals surface area (Å²) in [5.41, 5.74) is 2.81. The highest BCUT2D eigenvalue weighted by Crippen LogP contribution is 2.33. The summed E-state index contributed by atoms with van der Waals surface area (Å²) in [6.45, 7) is 2.17. The topological polar surface area (TPSA) is 20.2 Å². The summed E-state index contributed by atoms with van der Waals surface area (Å²) < 4.78 is 0. The molecular weight excluding hydrogens is 184 g/mol. The van der Waals surface area contributed by atoms with Gasteiger partial charge in [0, 0.05) is 0 Å². The summed E-state index contributed by atoms with van der Waals surface area (Å²) in [6.07, 6.45) is 5.53. The second-order valence-electron chi connectivity index (χ2n) is 4.73. The van der Waals surface area contributed by atoms with Crippen molar-refractivity contribution >= 4 is 0 Å². The van der Waals surface area contributed by atoms with E-state index < -0.39 is 0 Å². The van der Waals surface area contributed by atoms with E-state index in [1.807, 2.05) is 0 Å². The fourth-order valence-electron chi connectivity index (χ4n) is 2.66. The van der Waals surface area contributed by atoms with Crippen molar-refractivity contribution in [2.75, 3.05) is 0 Å². The van der Waals surface area contributed by atoms with Crippen LogP contribution in [-0.2, 0) is 0 Å². The van der Waals surface area contributed by atoms with Crippen LogP contribution in [-0.4, -0.2) is 11.2 Å². The van der Waals surface area contributed by atoms with Gasteiger partial charge in [0.05, 0.1) is 6.10 Å². The van der Waals surface area contributed by atoms with Crippen LogP contribution in [0.4, 0.5) is 0 Å². The first kappa shape index (κ1) is 10.7. The Morgan fingerprint density at radius 3 is 2.67 bits per heavy atom. The van der Waals surface area contributed by atoms with Crippen LogP contribution in [0.1, 0.15) is 49.1 Å². The van der Waals surface area contributed by atoms with Gasteiger partial charge in [-0.2, -0.15) is 0 Å². The van der Waals surface area contributed by atoms with Crippen molar-refractivity contribution in [3.05, 3.63) is 35.4 Å². The van der Waals surface area contributed by atoms with E-state index >= 15 is 0 Å². The maximum absolute atomic E-state index is 9.81. The number of benzene rings is 1. The Morgan fingerprint density at radius 2 is 1.87 bits per heavy atom. The quantitative estimate of drug-likeness (QED) is 0.695. The second kappa shape index (κ2) is 4.80.